The first-order valence-electron chi connectivity index (χ1n) is 8.21. The molecule has 1 aliphatic rings. The molecule has 1 aliphatic heterocycles. The van der Waals surface area contributed by atoms with E-state index in [0.717, 1.165) is 12.2 Å². The van der Waals surface area contributed by atoms with Crippen LogP contribution in [0.15, 0.2) is 24.3 Å². The van der Waals surface area contributed by atoms with Crippen molar-refractivity contribution in [3.63, 3.8) is 0 Å². The number of nitrogens with zero attached hydrogens (tertiary/aromatic N) is 2. The molecule has 0 aromatic heterocycles. The zero-order chi connectivity index (χ0) is 17.4. The maximum Gasteiger partial charge on any atom is 0.238 e. The number of carbonyl (C=O) groups is 2. The van der Waals surface area contributed by atoms with Crippen molar-refractivity contribution < 1.29 is 14.0 Å². The molecular formula is C17H24FN3O2S. The summed E-state index contributed by atoms with van der Waals surface area (Å²) in [6.07, 6.45) is 1.08. The number of hydrogen-bond donors (Lipinski definition) is 1. The van der Waals surface area contributed by atoms with Gasteiger partial charge in [0.25, 0.3) is 0 Å². The molecule has 0 radical (unpaired) electrons. The van der Waals surface area contributed by atoms with E-state index in [2.05, 4.69) is 12.2 Å². The van der Waals surface area contributed by atoms with E-state index < -0.39 is 0 Å². The Balaban J connectivity index is 1.69. The van der Waals surface area contributed by atoms with Gasteiger partial charge in [0.2, 0.25) is 11.8 Å². The van der Waals surface area contributed by atoms with Crippen LogP contribution in [0.3, 0.4) is 0 Å². The molecule has 0 bridgehead atoms. The number of rotatable bonds is 7. The SMILES string of the molecule is CCCSCC(=O)N1CCN(CC(=O)Nc2ccc(F)cc2)CC1. The van der Waals surface area contributed by atoms with Crippen LogP contribution in [-0.4, -0.2) is 65.8 Å². The van der Waals surface area contributed by atoms with E-state index in [1.807, 2.05) is 9.80 Å². The fraction of sp³-hybridized carbons (Fsp3) is 0.529. The fourth-order valence-electron chi connectivity index (χ4n) is 2.49. The summed E-state index contributed by atoms with van der Waals surface area (Å²) < 4.78 is 12.8. The van der Waals surface area contributed by atoms with Gasteiger partial charge in [-0.05, 0) is 36.4 Å². The lowest BCUT2D eigenvalue weighted by atomic mass is 10.3. The summed E-state index contributed by atoms with van der Waals surface area (Å²) in [6.45, 7) is 5.10. The molecule has 2 rings (SSSR count). The summed E-state index contributed by atoms with van der Waals surface area (Å²) in [7, 11) is 0. The average Bonchev–Trinajstić information content (AvgIpc) is 2.58. The Hall–Kier alpha value is -1.60. The number of thioether (sulfide) groups is 1. The van der Waals surface area contributed by atoms with Crippen LogP contribution in [0.2, 0.25) is 0 Å². The molecule has 0 atom stereocenters. The lowest BCUT2D eigenvalue weighted by Gasteiger charge is -2.34. The van der Waals surface area contributed by atoms with Gasteiger partial charge in [0.05, 0.1) is 12.3 Å². The van der Waals surface area contributed by atoms with Gasteiger partial charge in [0.15, 0.2) is 0 Å². The molecule has 1 heterocycles. The van der Waals surface area contributed by atoms with Crippen LogP contribution >= 0.6 is 11.8 Å². The number of anilines is 1. The van der Waals surface area contributed by atoms with Gasteiger partial charge in [-0.25, -0.2) is 4.39 Å². The highest BCUT2D eigenvalue weighted by Crippen LogP contribution is 2.10. The molecule has 1 saturated heterocycles. The molecule has 24 heavy (non-hydrogen) atoms. The number of benzene rings is 1. The third kappa shape index (κ3) is 6.13. The second-order valence-corrected chi connectivity index (χ2v) is 6.87. The van der Waals surface area contributed by atoms with Gasteiger partial charge in [0, 0.05) is 31.9 Å². The highest BCUT2D eigenvalue weighted by atomic mass is 32.2. The molecule has 0 aliphatic carbocycles. The van der Waals surface area contributed by atoms with Crippen molar-refractivity contribution in [2.45, 2.75) is 13.3 Å². The van der Waals surface area contributed by atoms with E-state index in [1.54, 1.807) is 11.8 Å². The predicted molar refractivity (Wildman–Crippen MR) is 95.7 cm³/mol. The second-order valence-electron chi connectivity index (χ2n) is 5.76. The topological polar surface area (TPSA) is 52.7 Å². The van der Waals surface area contributed by atoms with E-state index in [9.17, 15) is 14.0 Å². The first-order valence-corrected chi connectivity index (χ1v) is 9.37. The van der Waals surface area contributed by atoms with Gasteiger partial charge >= 0.3 is 0 Å². The van der Waals surface area contributed by atoms with Crippen molar-refractivity contribution in [1.29, 1.82) is 0 Å². The lowest BCUT2D eigenvalue weighted by Crippen LogP contribution is -2.50. The number of nitrogens with one attached hydrogen (secondary N) is 1. The zero-order valence-corrected chi connectivity index (χ0v) is 14.8. The van der Waals surface area contributed by atoms with Crippen molar-refractivity contribution in [2.24, 2.45) is 0 Å². The third-order valence-corrected chi connectivity index (χ3v) is 4.94. The van der Waals surface area contributed by atoms with Crippen molar-refractivity contribution in [3.05, 3.63) is 30.1 Å². The molecule has 7 heteroatoms. The first-order chi connectivity index (χ1) is 11.6. The van der Waals surface area contributed by atoms with E-state index in [-0.39, 0.29) is 24.2 Å². The largest absolute Gasteiger partial charge is 0.339 e. The Labute approximate surface area is 146 Å². The molecule has 1 N–H and O–H groups in total. The van der Waals surface area contributed by atoms with Crippen LogP contribution in [-0.2, 0) is 9.59 Å². The van der Waals surface area contributed by atoms with Crippen LogP contribution < -0.4 is 5.32 Å². The molecule has 0 unspecified atom stereocenters. The molecule has 132 valence electrons. The number of halogens is 1. The van der Waals surface area contributed by atoms with E-state index >= 15 is 0 Å². The Bertz CT molecular complexity index is 545. The van der Waals surface area contributed by atoms with E-state index in [1.165, 1.54) is 24.3 Å². The minimum atomic E-state index is -0.328. The summed E-state index contributed by atoms with van der Waals surface area (Å²) in [4.78, 5) is 28.0. The predicted octanol–water partition coefficient (Wildman–Crippen LogP) is 2.05. The average molecular weight is 353 g/mol. The number of carbonyl (C=O) groups excluding carboxylic acids is 2. The number of amides is 2. The Kier molecular flexibility index (Phi) is 7.52. The lowest BCUT2D eigenvalue weighted by molar-refractivity contribution is -0.130. The maximum absolute atomic E-state index is 12.8. The third-order valence-electron chi connectivity index (χ3n) is 3.79. The smallest absolute Gasteiger partial charge is 0.238 e. The van der Waals surface area contributed by atoms with Gasteiger partial charge in [-0.1, -0.05) is 6.92 Å². The molecule has 1 aromatic carbocycles. The zero-order valence-electron chi connectivity index (χ0n) is 14.0. The summed E-state index contributed by atoms with van der Waals surface area (Å²) in [5.41, 5.74) is 0.586. The monoisotopic (exact) mass is 353 g/mol. The minimum absolute atomic E-state index is 0.125. The second kappa shape index (κ2) is 9.64. The molecule has 0 spiro atoms. The fourth-order valence-corrected chi connectivity index (χ4v) is 3.28. The van der Waals surface area contributed by atoms with Crippen LogP contribution in [0.5, 0.6) is 0 Å². The molecule has 0 saturated carbocycles. The summed E-state index contributed by atoms with van der Waals surface area (Å²) in [6, 6.07) is 5.71. The maximum atomic E-state index is 12.8. The van der Waals surface area contributed by atoms with Crippen LogP contribution in [0.1, 0.15) is 13.3 Å². The quantitative estimate of drug-likeness (QED) is 0.763. The van der Waals surface area contributed by atoms with E-state index in [0.29, 0.717) is 37.6 Å². The van der Waals surface area contributed by atoms with Crippen LogP contribution in [0.4, 0.5) is 10.1 Å². The van der Waals surface area contributed by atoms with Crippen LogP contribution in [0, 0.1) is 5.82 Å². The van der Waals surface area contributed by atoms with Gasteiger partial charge < -0.3 is 10.2 Å². The first kappa shape index (κ1) is 18.7. The van der Waals surface area contributed by atoms with Crippen LogP contribution in [0.25, 0.3) is 0 Å². The standard InChI is InChI=1S/C17H24FN3O2S/c1-2-11-24-13-17(23)21-9-7-20(8-10-21)12-16(22)19-15-5-3-14(18)4-6-15/h3-6H,2,7-13H2,1H3,(H,19,22). The summed E-state index contributed by atoms with van der Waals surface area (Å²) in [5.74, 6) is 1.28. The molecule has 1 aromatic rings. The minimum Gasteiger partial charge on any atom is -0.339 e. The van der Waals surface area contributed by atoms with Gasteiger partial charge in [-0.2, -0.15) is 11.8 Å². The highest BCUT2D eigenvalue weighted by Gasteiger charge is 2.22. The van der Waals surface area contributed by atoms with Gasteiger partial charge in [-0.3, -0.25) is 14.5 Å². The Morgan fingerprint density at radius 2 is 1.83 bits per heavy atom. The molecule has 5 nitrogen and oxygen atoms in total. The summed E-state index contributed by atoms with van der Waals surface area (Å²) >= 11 is 1.67. The van der Waals surface area contributed by atoms with Gasteiger partial charge in [0.1, 0.15) is 5.82 Å². The molecule has 1 fully saturated rings. The molecule has 2 amide bonds. The van der Waals surface area contributed by atoms with Crippen molar-refractivity contribution in [1.82, 2.24) is 9.80 Å². The highest BCUT2D eigenvalue weighted by molar-refractivity contribution is 7.99. The van der Waals surface area contributed by atoms with Crippen molar-refractivity contribution >= 4 is 29.3 Å². The Morgan fingerprint density at radius 1 is 1.17 bits per heavy atom. The molecular weight excluding hydrogens is 329 g/mol. The van der Waals surface area contributed by atoms with Gasteiger partial charge in [-0.15, -0.1) is 0 Å². The van der Waals surface area contributed by atoms with Crippen molar-refractivity contribution in [2.75, 3.05) is 49.5 Å². The summed E-state index contributed by atoms with van der Waals surface area (Å²) in [5, 5.41) is 2.75. The number of hydrogen-bond acceptors (Lipinski definition) is 4. The van der Waals surface area contributed by atoms with Crippen molar-refractivity contribution in [3.8, 4) is 0 Å². The normalized spacial score (nSPS) is 15.3. The number of piperazine rings is 1. The van der Waals surface area contributed by atoms with E-state index in [4.69, 9.17) is 0 Å². The Morgan fingerprint density at radius 3 is 2.46 bits per heavy atom.